The summed E-state index contributed by atoms with van der Waals surface area (Å²) in [7, 11) is 4.03. The molecule has 1 heterocycles. The molecule has 1 aliphatic heterocycles. The molecule has 0 aliphatic carbocycles. The van der Waals surface area contributed by atoms with E-state index in [0.29, 0.717) is 23.7 Å². The van der Waals surface area contributed by atoms with Gasteiger partial charge >= 0.3 is 0 Å². The number of hydrogen-bond donors (Lipinski definition) is 2. The van der Waals surface area contributed by atoms with Crippen molar-refractivity contribution >= 4 is 34.8 Å². The van der Waals surface area contributed by atoms with E-state index in [-0.39, 0.29) is 17.7 Å². The van der Waals surface area contributed by atoms with Crippen LogP contribution in [0.2, 0.25) is 0 Å². The number of carbonyl (C=O) groups excluding carboxylic acids is 2. The predicted molar refractivity (Wildman–Crippen MR) is 112 cm³/mol. The average Bonchev–Trinajstić information content (AvgIpc) is 2.65. The van der Waals surface area contributed by atoms with Crippen LogP contribution < -0.4 is 15.5 Å². The quantitative estimate of drug-likeness (QED) is 0.525. The Bertz CT molecular complexity index is 643. The number of nitrogens with one attached hydrogen (secondary N) is 2. The van der Waals surface area contributed by atoms with Crippen LogP contribution >= 0.6 is 11.6 Å². The van der Waals surface area contributed by atoms with E-state index in [2.05, 4.69) is 27.4 Å². The fourth-order valence-electron chi connectivity index (χ4n) is 3.21. The second kappa shape index (κ2) is 10.5. The fourth-order valence-corrected chi connectivity index (χ4v) is 3.27. The molecule has 0 radical (unpaired) electrons. The lowest BCUT2D eigenvalue weighted by molar-refractivity contribution is -0.113. The summed E-state index contributed by atoms with van der Waals surface area (Å²) >= 11 is 5.58. The van der Waals surface area contributed by atoms with Crippen molar-refractivity contribution in [1.82, 2.24) is 10.2 Å². The molecule has 0 atom stereocenters. The highest BCUT2D eigenvalue weighted by Crippen LogP contribution is 2.28. The number of anilines is 2. The molecule has 150 valence electrons. The number of halogens is 1. The van der Waals surface area contributed by atoms with Crippen molar-refractivity contribution in [1.29, 1.82) is 0 Å². The smallest absolute Gasteiger partial charge is 0.253 e. The summed E-state index contributed by atoms with van der Waals surface area (Å²) in [5.74, 6) is 0.211. The maximum atomic E-state index is 12.8. The van der Waals surface area contributed by atoms with E-state index in [1.807, 2.05) is 26.2 Å². The van der Waals surface area contributed by atoms with Crippen LogP contribution in [0.15, 0.2) is 18.2 Å². The third kappa shape index (κ3) is 6.70. The van der Waals surface area contributed by atoms with Gasteiger partial charge in [-0.25, -0.2) is 0 Å². The van der Waals surface area contributed by atoms with E-state index in [4.69, 9.17) is 11.6 Å². The van der Waals surface area contributed by atoms with E-state index in [9.17, 15) is 9.59 Å². The van der Waals surface area contributed by atoms with Gasteiger partial charge in [-0.05, 0) is 64.0 Å². The molecule has 7 heteroatoms. The van der Waals surface area contributed by atoms with Gasteiger partial charge in [0.05, 0.1) is 5.56 Å². The minimum absolute atomic E-state index is 0.107. The van der Waals surface area contributed by atoms with Gasteiger partial charge in [-0.3, -0.25) is 9.59 Å². The number of rotatable bonds is 8. The van der Waals surface area contributed by atoms with Crippen LogP contribution in [-0.2, 0) is 4.79 Å². The van der Waals surface area contributed by atoms with Gasteiger partial charge in [0.15, 0.2) is 0 Å². The molecule has 0 unspecified atom stereocenters. The van der Waals surface area contributed by atoms with Crippen molar-refractivity contribution < 1.29 is 9.59 Å². The number of amides is 2. The number of benzene rings is 1. The Morgan fingerprint density at radius 2 is 1.96 bits per heavy atom. The molecule has 6 nitrogen and oxygen atoms in total. The zero-order chi connectivity index (χ0) is 19.8. The van der Waals surface area contributed by atoms with Crippen molar-refractivity contribution in [3.8, 4) is 0 Å². The summed E-state index contributed by atoms with van der Waals surface area (Å²) in [4.78, 5) is 28.8. The number of carbonyl (C=O) groups is 2. The zero-order valence-corrected chi connectivity index (χ0v) is 17.3. The molecule has 0 saturated carbocycles. The standard InChI is InChI=1S/C20H31ClN4O2/c1-15-7-11-25(12-8-15)18-6-5-16(23-19(26)14-21)13-17(18)20(27)22-9-4-10-24(2)3/h5-6,13,15H,4,7-12,14H2,1-3H3,(H,22,27)(H,23,26). The van der Waals surface area contributed by atoms with Gasteiger partial charge in [0.25, 0.3) is 5.91 Å². The van der Waals surface area contributed by atoms with E-state index in [1.165, 1.54) is 0 Å². The minimum atomic E-state index is -0.284. The molecule has 1 saturated heterocycles. The highest BCUT2D eigenvalue weighted by Gasteiger charge is 2.21. The third-order valence-electron chi connectivity index (χ3n) is 4.84. The molecular formula is C20H31ClN4O2. The van der Waals surface area contributed by atoms with Gasteiger partial charge in [-0.15, -0.1) is 11.6 Å². The first-order valence-corrected chi connectivity index (χ1v) is 10.1. The van der Waals surface area contributed by atoms with Gasteiger partial charge in [0.2, 0.25) is 5.91 Å². The summed E-state index contributed by atoms with van der Waals surface area (Å²) in [6, 6.07) is 5.51. The SMILES string of the molecule is CC1CCN(c2ccc(NC(=O)CCl)cc2C(=O)NCCCN(C)C)CC1. The number of piperidine rings is 1. The molecule has 0 bridgehead atoms. The molecule has 2 amide bonds. The Balaban J connectivity index is 2.16. The van der Waals surface area contributed by atoms with E-state index in [1.54, 1.807) is 6.07 Å². The van der Waals surface area contributed by atoms with Crippen molar-refractivity contribution in [3.63, 3.8) is 0 Å². The van der Waals surface area contributed by atoms with Crippen LogP contribution in [0.25, 0.3) is 0 Å². The Labute approximate surface area is 167 Å². The second-order valence-electron chi connectivity index (χ2n) is 7.50. The molecule has 0 spiro atoms. The van der Waals surface area contributed by atoms with Gasteiger partial charge in [0, 0.05) is 31.0 Å². The lowest BCUT2D eigenvalue weighted by Gasteiger charge is -2.33. The first kappa shape index (κ1) is 21.5. The van der Waals surface area contributed by atoms with Gasteiger partial charge in [-0.1, -0.05) is 6.92 Å². The lowest BCUT2D eigenvalue weighted by atomic mass is 9.97. The van der Waals surface area contributed by atoms with Crippen molar-refractivity contribution in [2.45, 2.75) is 26.2 Å². The van der Waals surface area contributed by atoms with E-state index in [0.717, 1.165) is 44.6 Å². The van der Waals surface area contributed by atoms with Crippen LogP contribution in [0, 0.1) is 5.92 Å². The zero-order valence-electron chi connectivity index (χ0n) is 16.6. The molecule has 1 aromatic carbocycles. The molecule has 0 aromatic heterocycles. The molecule has 2 N–H and O–H groups in total. The number of hydrogen-bond acceptors (Lipinski definition) is 4. The maximum Gasteiger partial charge on any atom is 0.253 e. The summed E-state index contributed by atoms with van der Waals surface area (Å²) in [5, 5.41) is 5.74. The highest BCUT2D eigenvalue weighted by molar-refractivity contribution is 6.29. The Morgan fingerprint density at radius 1 is 1.26 bits per heavy atom. The van der Waals surface area contributed by atoms with Gasteiger partial charge in [-0.2, -0.15) is 0 Å². The number of nitrogens with zero attached hydrogens (tertiary/aromatic N) is 2. The van der Waals surface area contributed by atoms with Crippen LogP contribution in [-0.4, -0.2) is 62.9 Å². The summed E-state index contributed by atoms with van der Waals surface area (Å²) in [6.45, 7) is 5.68. The first-order chi connectivity index (χ1) is 12.9. The topological polar surface area (TPSA) is 64.7 Å². The van der Waals surface area contributed by atoms with Crippen LogP contribution in [0.4, 0.5) is 11.4 Å². The molecule has 27 heavy (non-hydrogen) atoms. The molecular weight excluding hydrogens is 364 g/mol. The van der Waals surface area contributed by atoms with Crippen molar-refractivity contribution in [2.75, 3.05) is 56.4 Å². The van der Waals surface area contributed by atoms with Crippen LogP contribution in [0.1, 0.15) is 36.5 Å². The summed E-state index contributed by atoms with van der Waals surface area (Å²) in [6.07, 6.45) is 3.13. The largest absolute Gasteiger partial charge is 0.371 e. The lowest BCUT2D eigenvalue weighted by Crippen LogP contribution is -2.35. The van der Waals surface area contributed by atoms with Crippen LogP contribution in [0.5, 0.6) is 0 Å². The predicted octanol–water partition coefficient (Wildman–Crippen LogP) is 2.78. The third-order valence-corrected chi connectivity index (χ3v) is 5.08. The Kier molecular flexibility index (Phi) is 8.38. The minimum Gasteiger partial charge on any atom is -0.371 e. The van der Waals surface area contributed by atoms with Gasteiger partial charge < -0.3 is 20.4 Å². The van der Waals surface area contributed by atoms with Crippen LogP contribution in [0.3, 0.4) is 0 Å². The second-order valence-corrected chi connectivity index (χ2v) is 7.76. The van der Waals surface area contributed by atoms with Crippen molar-refractivity contribution in [3.05, 3.63) is 23.8 Å². The Hall–Kier alpha value is -1.79. The molecule has 1 aliphatic rings. The molecule has 1 fully saturated rings. The van der Waals surface area contributed by atoms with Crippen molar-refractivity contribution in [2.24, 2.45) is 5.92 Å². The Morgan fingerprint density at radius 3 is 2.59 bits per heavy atom. The van der Waals surface area contributed by atoms with E-state index < -0.39 is 0 Å². The molecule has 2 rings (SSSR count). The maximum absolute atomic E-state index is 12.8. The first-order valence-electron chi connectivity index (χ1n) is 9.58. The number of alkyl halides is 1. The monoisotopic (exact) mass is 394 g/mol. The molecule has 1 aromatic rings. The summed E-state index contributed by atoms with van der Waals surface area (Å²) in [5.41, 5.74) is 2.12. The fraction of sp³-hybridized carbons (Fsp3) is 0.600. The normalized spacial score (nSPS) is 15.1. The summed E-state index contributed by atoms with van der Waals surface area (Å²) < 4.78 is 0. The highest BCUT2D eigenvalue weighted by atomic mass is 35.5. The van der Waals surface area contributed by atoms with E-state index >= 15 is 0 Å². The average molecular weight is 395 g/mol. The van der Waals surface area contributed by atoms with Gasteiger partial charge in [0.1, 0.15) is 5.88 Å².